The lowest BCUT2D eigenvalue weighted by molar-refractivity contribution is -0.120. The summed E-state index contributed by atoms with van der Waals surface area (Å²) in [4.78, 5) is 18.7. The number of amides is 1. The van der Waals surface area contributed by atoms with Crippen molar-refractivity contribution in [2.24, 2.45) is 5.92 Å². The largest absolute Gasteiger partial charge is 0.335 e. The fourth-order valence-electron chi connectivity index (χ4n) is 2.71. The van der Waals surface area contributed by atoms with Crippen molar-refractivity contribution in [3.8, 4) is 0 Å². The summed E-state index contributed by atoms with van der Waals surface area (Å²) in [7, 11) is -3.69. The van der Waals surface area contributed by atoms with Gasteiger partial charge in [-0.15, -0.1) is 0 Å². The number of halogens is 1. The average Bonchev–Trinajstić information content (AvgIpc) is 3.10. The third-order valence-corrected chi connectivity index (χ3v) is 5.73. The molecule has 0 radical (unpaired) electrons. The molecule has 3 rings (SSSR count). The van der Waals surface area contributed by atoms with E-state index in [1.54, 1.807) is 6.07 Å². The number of H-pyrrole nitrogens is 1. The highest BCUT2D eigenvalue weighted by atomic mass is 32.2. The van der Waals surface area contributed by atoms with Crippen LogP contribution in [0.4, 0.5) is 10.1 Å². The van der Waals surface area contributed by atoms with Crippen molar-refractivity contribution < 1.29 is 17.6 Å². The van der Waals surface area contributed by atoms with Gasteiger partial charge in [-0.1, -0.05) is 6.07 Å². The molecule has 1 fully saturated rings. The Morgan fingerprint density at radius 3 is 2.96 bits per heavy atom. The van der Waals surface area contributed by atoms with E-state index in [-0.39, 0.29) is 17.5 Å². The van der Waals surface area contributed by atoms with Crippen molar-refractivity contribution >= 4 is 21.6 Å². The number of hydrogen-bond acceptors (Lipinski definition) is 4. The molecule has 128 valence electrons. The summed E-state index contributed by atoms with van der Waals surface area (Å²) in [5, 5.41) is 2.65. The second-order valence-corrected chi connectivity index (χ2v) is 7.52. The van der Waals surface area contributed by atoms with E-state index in [2.05, 4.69) is 15.3 Å². The topological polar surface area (TPSA) is 95.2 Å². The molecule has 0 saturated carbocycles. The van der Waals surface area contributed by atoms with Crippen LogP contribution in [0.3, 0.4) is 0 Å². The zero-order valence-electron chi connectivity index (χ0n) is 12.8. The molecule has 1 aromatic heterocycles. The van der Waals surface area contributed by atoms with Crippen molar-refractivity contribution in [2.75, 3.05) is 18.4 Å². The minimum absolute atomic E-state index is 0.00805. The number of carbonyl (C=O) groups excluding carboxylic acids is 1. The predicted octanol–water partition coefficient (Wildman–Crippen LogP) is 1.59. The average molecular weight is 352 g/mol. The van der Waals surface area contributed by atoms with Crippen LogP contribution in [0.5, 0.6) is 0 Å². The number of sulfonamides is 1. The Kier molecular flexibility index (Phi) is 4.63. The third kappa shape index (κ3) is 3.46. The van der Waals surface area contributed by atoms with Crippen LogP contribution < -0.4 is 5.32 Å². The second kappa shape index (κ2) is 6.70. The van der Waals surface area contributed by atoms with Crippen LogP contribution in [0, 0.1) is 11.7 Å². The molecule has 1 saturated heterocycles. The standard InChI is InChI=1S/C15H17FN4O3S/c16-12-4-1-5-13(7-12)19-15(21)11-3-2-6-20(9-11)24(22,23)14-8-17-10-18-14/h1,4-5,7-8,10-11H,2-3,6,9H2,(H,17,18)(H,19,21)/t11-/m0/s1. The molecule has 9 heteroatoms. The highest BCUT2D eigenvalue weighted by molar-refractivity contribution is 7.89. The van der Waals surface area contributed by atoms with Gasteiger partial charge in [0.25, 0.3) is 10.0 Å². The Bertz CT molecular complexity index is 823. The molecule has 24 heavy (non-hydrogen) atoms. The number of nitrogens with zero attached hydrogens (tertiary/aromatic N) is 2. The maximum Gasteiger partial charge on any atom is 0.260 e. The molecule has 0 spiro atoms. The van der Waals surface area contributed by atoms with Gasteiger partial charge in [0, 0.05) is 18.8 Å². The molecule has 0 unspecified atom stereocenters. The monoisotopic (exact) mass is 352 g/mol. The minimum atomic E-state index is -3.69. The summed E-state index contributed by atoms with van der Waals surface area (Å²) >= 11 is 0. The molecule has 0 aliphatic carbocycles. The molecule has 2 aromatic rings. The van der Waals surface area contributed by atoms with Crippen molar-refractivity contribution in [3.63, 3.8) is 0 Å². The minimum Gasteiger partial charge on any atom is -0.335 e. The molecule has 1 amide bonds. The summed E-state index contributed by atoms with van der Waals surface area (Å²) in [5.41, 5.74) is 0.355. The Morgan fingerprint density at radius 2 is 2.25 bits per heavy atom. The quantitative estimate of drug-likeness (QED) is 0.873. The van der Waals surface area contributed by atoms with Gasteiger partial charge >= 0.3 is 0 Å². The van der Waals surface area contributed by atoms with Crippen molar-refractivity contribution in [2.45, 2.75) is 17.9 Å². The number of aromatic nitrogens is 2. The van der Waals surface area contributed by atoms with E-state index in [0.29, 0.717) is 25.1 Å². The lowest BCUT2D eigenvalue weighted by atomic mass is 9.99. The summed E-state index contributed by atoms with van der Waals surface area (Å²) in [6.45, 7) is 0.438. The summed E-state index contributed by atoms with van der Waals surface area (Å²) < 4.78 is 39.5. The van der Waals surface area contributed by atoms with Gasteiger partial charge in [0.15, 0.2) is 5.03 Å². The Balaban J connectivity index is 1.70. The van der Waals surface area contributed by atoms with E-state index in [9.17, 15) is 17.6 Å². The molecule has 7 nitrogen and oxygen atoms in total. The van der Waals surface area contributed by atoms with Crippen LogP contribution in [-0.2, 0) is 14.8 Å². The fourth-order valence-corrected chi connectivity index (χ4v) is 4.13. The molecule has 1 aliphatic rings. The predicted molar refractivity (Wildman–Crippen MR) is 85.1 cm³/mol. The summed E-state index contributed by atoms with van der Waals surface area (Å²) in [6, 6.07) is 5.60. The number of aromatic amines is 1. The van der Waals surface area contributed by atoms with Crippen molar-refractivity contribution in [1.29, 1.82) is 0 Å². The molecular weight excluding hydrogens is 335 g/mol. The molecular formula is C15H17FN4O3S. The lowest BCUT2D eigenvalue weighted by Crippen LogP contribution is -2.43. The first-order chi connectivity index (χ1) is 11.5. The van der Waals surface area contributed by atoms with E-state index >= 15 is 0 Å². The zero-order valence-corrected chi connectivity index (χ0v) is 13.6. The van der Waals surface area contributed by atoms with Crippen LogP contribution in [0.2, 0.25) is 0 Å². The summed E-state index contributed by atoms with van der Waals surface area (Å²) in [6.07, 6.45) is 3.70. The number of hydrogen-bond donors (Lipinski definition) is 2. The lowest BCUT2D eigenvalue weighted by Gasteiger charge is -2.30. The highest BCUT2D eigenvalue weighted by Gasteiger charge is 2.34. The van der Waals surface area contributed by atoms with Crippen LogP contribution in [0.25, 0.3) is 0 Å². The van der Waals surface area contributed by atoms with Gasteiger partial charge in [0.05, 0.1) is 18.4 Å². The Hall–Kier alpha value is -2.26. The smallest absolute Gasteiger partial charge is 0.260 e. The maximum absolute atomic E-state index is 13.2. The first-order valence-corrected chi connectivity index (χ1v) is 8.96. The Morgan fingerprint density at radius 1 is 1.42 bits per heavy atom. The van der Waals surface area contributed by atoms with Gasteiger partial charge in [-0.25, -0.2) is 17.8 Å². The van der Waals surface area contributed by atoms with E-state index in [1.807, 2.05) is 0 Å². The van der Waals surface area contributed by atoms with Gasteiger partial charge in [0.1, 0.15) is 5.82 Å². The molecule has 1 aliphatic heterocycles. The summed E-state index contributed by atoms with van der Waals surface area (Å²) in [5.74, 6) is -1.25. The number of carbonyl (C=O) groups is 1. The molecule has 1 aromatic carbocycles. The van der Waals surface area contributed by atoms with Crippen LogP contribution >= 0.6 is 0 Å². The van der Waals surface area contributed by atoms with Crippen LogP contribution in [0.15, 0.2) is 41.8 Å². The zero-order chi connectivity index (χ0) is 17.2. The normalized spacial score (nSPS) is 19.1. The number of rotatable bonds is 4. The number of benzene rings is 1. The molecule has 1 atom stereocenters. The SMILES string of the molecule is O=C(Nc1cccc(F)c1)[C@H]1CCCN(S(=O)(=O)c2cnc[nH]2)C1. The molecule has 2 N–H and O–H groups in total. The van der Waals surface area contributed by atoms with Crippen LogP contribution in [0.1, 0.15) is 12.8 Å². The third-order valence-electron chi connectivity index (χ3n) is 3.94. The van der Waals surface area contributed by atoms with Gasteiger partial charge < -0.3 is 10.3 Å². The van der Waals surface area contributed by atoms with Gasteiger partial charge in [-0.2, -0.15) is 4.31 Å². The Labute approximate surface area is 138 Å². The molecule has 0 bridgehead atoms. The second-order valence-electron chi connectivity index (χ2n) is 5.62. The maximum atomic E-state index is 13.2. The number of piperidine rings is 1. The number of imidazole rings is 1. The van der Waals surface area contributed by atoms with E-state index in [4.69, 9.17) is 0 Å². The highest BCUT2D eigenvalue weighted by Crippen LogP contribution is 2.24. The molecule has 2 heterocycles. The van der Waals surface area contributed by atoms with E-state index in [0.717, 1.165) is 0 Å². The number of nitrogens with one attached hydrogen (secondary N) is 2. The van der Waals surface area contributed by atoms with Gasteiger partial charge in [-0.05, 0) is 31.0 Å². The van der Waals surface area contributed by atoms with E-state index < -0.39 is 21.8 Å². The first-order valence-electron chi connectivity index (χ1n) is 7.52. The van der Waals surface area contributed by atoms with E-state index in [1.165, 1.54) is 35.0 Å². The van der Waals surface area contributed by atoms with Gasteiger partial charge in [0.2, 0.25) is 5.91 Å². The number of anilines is 1. The van der Waals surface area contributed by atoms with Gasteiger partial charge in [-0.3, -0.25) is 4.79 Å². The van der Waals surface area contributed by atoms with Crippen LogP contribution in [-0.4, -0.2) is 41.7 Å². The fraction of sp³-hybridized carbons (Fsp3) is 0.333. The first kappa shape index (κ1) is 16.6. The van der Waals surface area contributed by atoms with Crippen molar-refractivity contribution in [1.82, 2.24) is 14.3 Å². The van der Waals surface area contributed by atoms with Crippen molar-refractivity contribution in [3.05, 3.63) is 42.6 Å².